The van der Waals surface area contributed by atoms with Gasteiger partial charge >= 0.3 is 0 Å². The molecule has 1 saturated heterocycles. The molecule has 3 heteroatoms. The quantitative estimate of drug-likeness (QED) is 0.871. The molecule has 96 valence electrons. The zero-order valence-electron chi connectivity index (χ0n) is 11.5. The van der Waals surface area contributed by atoms with E-state index < -0.39 is 0 Å². The van der Waals surface area contributed by atoms with E-state index in [1.807, 2.05) is 7.05 Å². The van der Waals surface area contributed by atoms with E-state index in [1.54, 1.807) is 0 Å². The lowest BCUT2D eigenvalue weighted by atomic mass is 9.93. The van der Waals surface area contributed by atoms with E-state index in [0.717, 1.165) is 24.6 Å². The molecule has 1 aliphatic rings. The van der Waals surface area contributed by atoms with Crippen LogP contribution in [-0.4, -0.2) is 25.0 Å². The largest absolute Gasteiger partial charge is 0.465 e. The number of hydrogen-bond donors (Lipinski definition) is 1. The van der Waals surface area contributed by atoms with Crippen molar-refractivity contribution in [1.29, 1.82) is 0 Å². The van der Waals surface area contributed by atoms with Crippen LogP contribution in [0.1, 0.15) is 37.4 Å². The first kappa shape index (κ1) is 12.7. The maximum absolute atomic E-state index is 5.73. The number of nitrogens with one attached hydrogen (secondary N) is 1. The monoisotopic (exact) mass is 236 g/mol. The van der Waals surface area contributed by atoms with Crippen LogP contribution in [0, 0.1) is 12.3 Å². The Bertz CT molecular complexity index is 382. The highest BCUT2D eigenvalue weighted by molar-refractivity contribution is 5.21. The van der Waals surface area contributed by atoms with Crippen LogP contribution < -0.4 is 5.32 Å². The molecule has 0 atom stereocenters. The maximum Gasteiger partial charge on any atom is 0.118 e. The van der Waals surface area contributed by atoms with Crippen molar-refractivity contribution in [3.8, 4) is 0 Å². The van der Waals surface area contributed by atoms with Crippen molar-refractivity contribution in [3.63, 3.8) is 0 Å². The second kappa shape index (κ2) is 4.83. The van der Waals surface area contributed by atoms with E-state index in [1.165, 1.54) is 25.1 Å². The molecule has 0 aromatic carbocycles. The van der Waals surface area contributed by atoms with Gasteiger partial charge in [0.15, 0.2) is 0 Å². The third-order valence-corrected chi connectivity index (χ3v) is 3.57. The van der Waals surface area contributed by atoms with Crippen LogP contribution in [0.4, 0.5) is 0 Å². The van der Waals surface area contributed by atoms with Gasteiger partial charge in [0, 0.05) is 18.7 Å². The standard InChI is InChI=1S/C14H24N2O/c1-11-12(7-13(17-11)8-15-4)9-16-6-5-14(2,3)10-16/h7,15H,5-6,8-10H2,1-4H3. The molecule has 0 amide bonds. The highest BCUT2D eigenvalue weighted by atomic mass is 16.3. The van der Waals surface area contributed by atoms with Gasteiger partial charge in [0.05, 0.1) is 6.54 Å². The van der Waals surface area contributed by atoms with E-state index in [-0.39, 0.29) is 0 Å². The van der Waals surface area contributed by atoms with Gasteiger partial charge in [0.2, 0.25) is 0 Å². The van der Waals surface area contributed by atoms with Crippen molar-refractivity contribution >= 4 is 0 Å². The van der Waals surface area contributed by atoms with Crippen LogP contribution in [-0.2, 0) is 13.1 Å². The summed E-state index contributed by atoms with van der Waals surface area (Å²) in [7, 11) is 1.94. The molecule has 1 aliphatic heterocycles. The summed E-state index contributed by atoms with van der Waals surface area (Å²) in [5.41, 5.74) is 1.82. The Kier molecular flexibility index (Phi) is 3.59. The van der Waals surface area contributed by atoms with Gasteiger partial charge in [-0.3, -0.25) is 4.90 Å². The van der Waals surface area contributed by atoms with Gasteiger partial charge in [-0.25, -0.2) is 0 Å². The first-order valence-electron chi connectivity index (χ1n) is 6.45. The first-order chi connectivity index (χ1) is 8.00. The normalized spacial score (nSPS) is 20.0. The van der Waals surface area contributed by atoms with Crippen molar-refractivity contribution in [1.82, 2.24) is 10.2 Å². The second-order valence-electron chi connectivity index (χ2n) is 5.95. The molecule has 0 aliphatic carbocycles. The molecule has 0 saturated carbocycles. The van der Waals surface area contributed by atoms with E-state index >= 15 is 0 Å². The molecule has 1 aromatic rings. The molecule has 2 rings (SSSR count). The molecule has 17 heavy (non-hydrogen) atoms. The zero-order valence-corrected chi connectivity index (χ0v) is 11.5. The zero-order chi connectivity index (χ0) is 12.5. The summed E-state index contributed by atoms with van der Waals surface area (Å²) < 4.78 is 5.73. The van der Waals surface area contributed by atoms with Crippen molar-refractivity contribution in [2.75, 3.05) is 20.1 Å². The summed E-state index contributed by atoms with van der Waals surface area (Å²) in [6.07, 6.45) is 1.30. The highest BCUT2D eigenvalue weighted by Crippen LogP contribution is 2.30. The minimum atomic E-state index is 0.478. The Morgan fingerprint density at radius 1 is 1.47 bits per heavy atom. The smallest absolute Gasteiger partial charge is 0.118 e. The summed E-state index contributed by atoms with van der Waals surface area (Å²) in [5, 5.41) is 3.12. The van der Waals surface area contributed by atoms with E-state index in [0.29, 0.717) is 5.41 Å². The number of rotatable bonds is 4. The van der Waals surface area contributed by atoms with Gasteiger partial charge in [-0.1, -0.05) is 13.8 Å². The molecule has 1 aromatic heterocycles. The lowest BCUT2D eigenvalue weighted by molar-refractivity contribution is 0.282. The predicted octanol–water partition coefficient (Wildman–Crippen LogP) is 2.54. The molecule has 2 heterocycles. The molecule has 0 radical (unpaired) electrons. The Hall–Kier alpha value is -0.800. The third kappa shape index (κ3) is 3.11. The third-order valence-electron chi connectivity index (χ3n) is 3.57. The van der Waals surface area contributed by atoms with Crippen LogP contribution in [0.5, 0.6) is 0 Å². The fourth-order valence-corrected chi connectivity index (χ4v) is 2.61. The van der Waals surface area contributed by atoms with Gasteiger partial charge in [-0.2, -0.15) is 0 Å². The second-order valence-corrected chi connectivity index (χ2v) is 5.95. The molecular formula is C14H24N2O. The average molecular weight is 236 g/mol. The number of furan rings is 1. The predicted molar refractivity (Wildman–Crippen MR) is 69.9 cm³/mol. The summed E-state index contributed by atoms with van der Waals surface area (Å²) in [6.45, 7) is 11.0. The number of hydrogen-bond acceptors (Lipinski definition) is 3. The Labute approximate surface area is 104 Å². The minimum absolute atomic E-state index is 0.478. The van der Waals surface area contributed by atoms with E-state index in [4.69, 9.17) is 4.42 Å². The van der Waals surface area contributed by atoms with Crippen molar-refractivity contribution in [2.45, 2.75) is 40.3 Å². The number of likely N-dealkylation sites (tertiary alicyclic amines) is 1. The fraction of sp³-hybridized carbons (Fsp3) is 0.714. The molecule has 0 unspecified atom stereocenters. The fourth-order valence-electron chi connectivity index (χ4n) is 2.61. The summed E-state index contributed by atoms with van der Waals surface area (Å²) in [5.74, 6) is 2.11. The molecule has 0 spiro atoms. The molecule has 3 nitrogen and oxygen atoms in total. The maximum atomic E-state index is 5.73. The van der Waals surface area contributed by atoms with Crippen LogP contribution in [0.3, 0.4) is 0 Å². The average Bonchev–Trinajstić information content (AvgIpc) is 2.72. The van der Waals surface area contributed by atoms with Gasteiger partial charge < -0.3 is 9.73 Å². The lowest BCUT2D eigenvalue weighted by Crippen LogP contribution is -2.22. The van der Waals surface area contributed by atoms with E-state index in [2.05, 4.69) is 37.1 Å². The minimum Gasteiger partial charge on any atom is -0.465 e. The molecular weight excluding hydrogens is 212 g/mol. The molecule has 0 bridgehead atoms. The van der Waals surface area contributed by atoms with Crippen molar-refractivity contribution in [3.05, 3.63) is 23.2 Å². The summed E-state index contributed by atoms with van der Waals surface area (Å²) in [4.78, 5) is 2.53. The number of nitrogens with zero attached hydrogens (tertiary/aromatic N) is 1. The Morgan fingerprint density at radius 2 is 2.24 bits per heavy atom. The van der Waals surface area contributed by atoms with Crippen LogP contribution >= 0.6 is 0 Å². The summed E-state index contributed by atoms with van der Waals surface area (Å²) >= 11 is 0. The highest BCUT2D eigenvalue weighted by Gasteiger charge is 2.29. The number of aryl methyl sites for hydroxylation is 1. The topological polar surface area (TPSA) is 28.4 Å². The SMILES string of the molecule is CNCc1cc(CN2CCC(C)(C)C2)c(C)o1. The lowest BCUT2D eigenvalue weighted by Gasteiger charge is -2.19. The van der Waals surface area contributed by atoms with Gasteiger partial charge in [0.1, 0.15) is 11.5 Å². The van der Waals surface area contributed by atoms with Crippen LogP contribution in [0.25, 0.3) is 0 Å². The van der Waals surface area contributed by atoms with E-state index in [9.17, 15) is 0 Å². The van der Waals surface area contributed by atoms with Crippen LogP contribution in [0.2, 0.25) is 0 Å². The van der Waals surface area contributed by atoms with Gasteiger partial charge in [0.25, 0.3) is 0 Å². The molecule has 1 fully saturated rings. The Morgan fingerprint density at radius 3 is 2.82 bits per heavy atom. The first-order valence-corrected chi connectivity index (χ1v) is 6.45. The van der Waals surface area contributed by atoms with Gasteiger partial charge in [-0.05, 0) is 38.4 Å². The summed E-state index contributed by atoms with van der Waals surface area (Å²) in [6, 6.07) is 2.19. The van der Waals surface area contributed by atoms with Gasteiger partial charge in [-0.15, -0.1) is 0 Å². The molecule has 1 N–H and O–H groups in total. The van der Waals surface area contributed by atoms with Crippen molar-refractivity contribution in [2.24, 2.45) is 5.41 Å². The van der Waals surface area contributed by atoms with Crippen LogP contribution in [0.15, 0.2) is 10.5 Å². The Balaban J connectivity index is 1.99. The van der Waals surface area contributed by atoms with Crippen molar-refractivity contribution < 1.29 is 4.42 Å².